The van der Waals surface area contributed by atoms with Crippen LogP contribution in [0.5, 0.6) is 5.75 Å². The van der Waals surface area contributed by atoms with Crippen molar-refractivity contribution in [3.05, 3.63) is 36.0 Å². The fourth-order valence-electron chi connectivity index (χ4n) is 1.40. The zero-order valence-corrected chi connectivity index (χ0v) is 8.58. The first-order valence-electron chi connectivity index (χ1n) is 4.58. The molecule has 0 saturated carbocycles. The summed E-state index contributed by atoms with van der Waals surface area (Å²) in [7, 11) is 1.40. The van der Waals surface area contributed by atoms with Gasteiger partial charge in [-0.3, -0.25) is 0 Å². The van der Waals surface area contributed by atoms with Gasteiger partial charge in [0.15, 0.2) is 11.4 Å². The SMILES string of the molecule is COc1cnn(Cc2ccco2)c1C(=O)O. The average molecular weight is 222 g/mol. The molecule has 2 rings (SSSR count). The van der Waals surface area contributed by atoms with Crippen LogP contribution in [0.3, 0.4) is 0 Å². The second-order valence-corrected chi connectivity index (χ2v) is 3.10. The minimum absolute atomic E-state index is 0.0129. The van der Waals surface area contributed by atoms with Crippen LogP contribution in [0.4, 0.5) is 0 Å². The van der Waals surface area contributed by atoms with Crippen molar-refractivity contribution < 1.29 is 19.1 Å². The number of hydrogen-bond acceptors (Lipinski definition) is 4. The van der Waals surface area contributed by atoms with Gasteiger partial charge in [-0.25, -0.2) is 9.48 Å². The maximum atomic E-state index is 11.0. The Hall–Kier alpha value is -2.24. The topological polar surface area (TPSA) is 77.5 Å². The van der Waals surface area contributed by atoms with Crippen LogP contribution < -0.4 is 4.74 Å². The summed E-state index contributed by atoms with van der Waals surface area (Å²) in [6, 6.07) is 3.48. The molecule has 0 unspecified atom stereocenters. The van der Waals surface area contributed by atoms with Crippen LogP contribution >= 0.6 is 0 Å². The predicted molar refractivity (Wildman–Crippen MR) is 53.5 cm³/mol. The molecule has 0 atom stereocenters. The molecule has 0 amide bonds. The Labute approximate surface area is 91.1 Å². The van der Waals surface area contributed by atoms with E-state index in [1.807, 2.05) is 0 Å². The van der Waals surface area contributed by atoms with Crippen molar-refractivity contribution in [1.29, 1.82) is 0 Å². The molecule has 84 valence electrons. The number of carboxylic acid groups (broad SMARTS) is 1. The predicted octanol–water partition coefficient (Wildman–Crippen LogP) is 1.23. The quantitative estimate of drug-likeness (QED) is 0.841. The fraction of sp³-hybridized carbons (Fsp3) is 0.200. The summed E-state index contributed by atoms with van der Waals surface area (Å²) in [5.74, 6) is -0.215. The molecule has 0 fully saturated rings. The Kier molecular flexibility index (Phi) is 2.63. The Morgan fingerprint density at radius 2 is 2.50 bits per heavy atom. The highest BCUT2D eigenvalue weighted by Crippen LogP contribution is 2.18. The van der Waals surface area contributed by atoms with Crippen molar-refractivity contribution in [2.24, 2.45) is 0 Å². The highest BCUT2D eigenvalue weighted by Gasteiger charge is 2.19. The molecule has 1 N–H and O–H groups in total. The van der Waals surface area contributed by atoms with Gasteiger partial charge >= 0.3 is 5.97 Å². The van der Waals surface area contributed by atoms with Crippen LogP contribution in [0.15, 0.2) is 29.0 Å². The van der Waals surface area contributed by atoms with Crippen LogP contribution in [0, 0.1) is 0 Å². The molecule has 0 bridgehead atoms. The average Bonchev–Trinajstić information content (AvgIpc) is 2.87. The van der Waals surface area contributed by atoms with Crippen LogP contribution in [-0.2, 0) is 6.54 Å². The summed E-state index contributed by atoms with van der Waals surface area (Å²) in [4.78, 5) is 11.0. The van der Waals surface area contributed by atoms with E-state index in [4.69, 9.17) is 14.3 Å². The lowest BCUT2D eigenvalue weighted by Gasteiger charge is -2.03. The number of ether oxygens (including phenoxy) is 1. The van der Waals surface area contributed by atoms with Gasteiger partial charge in [-0.1, -0.05) is 0 Å². The number of aromatic carboxylic acids is 1. The molecule has 16 heavy (non-hydrogen) atoms. The normalized spacial score (nSPS) is 10.3. The molecule has 6 nitrogen and oxygen atoms in total. The third-order valence-corrected chi connectivity index (χ3v) is 2.11. The molecule has 0 saturated heterocycles. The molecule has 0 aliphatic rings. The van der Waals surface area contributed by atoms with E-state index in [1.54, 1.807) is 12.1 Å². The van der Waals surface area contributed by atoms with E-state index in [2.05, 4.69) is 5.10 Å². The van der Waals surface area contributed by atoms with E-state index in [-0.39, 0.29) is 18.0 Å². The molecule has 2 aromatic heterocycles. The smallest absolute Gasteiger partial charge is 0.358 e. The largest absolute Gasteiger partial charge is 0.493 e. The molecule has 2 heterocycles. The first-order chi connectivity index (χ1) is 7.72. The van der Waals surface area contributed by atoms with Gasteiger partial charge in [0.05, 0.1) is 19.6 Å². The maximum Gasteiger partial charge on any atom is 0.358 e. The zero-order valence-electron chi connectivity index (χ0n) is 8.58. The number of carbonyl (C=O) groups is 1. The maximum absolute atomic E-state index is 11.0. The number of methoxy groups -OCH3 is 1. The lowest BCUT2D eigenvalue weighted by molar-refractivity contribution is 0.0680. The van der Waals surface area contributed by atoms with E-state index in [0.29, 0.717) is 5.76 Å². The van der Waals surface area contributed by atoms with E-state index in [0.717, 1.165) is 0 Å². The number of aromatic nitrogens is 2. The van der Waals surface area contributed by atoms with Gasteiger partial charge in [0.25, 0.3) is 0 Å². The summed E-state index contributed by atoms with van der Waals surface area (Å²) in [6.07, 6.45) is 2.89. The highest BCUT2D eigenvalue weighted by molar-refractivity contribution is 5.88. The van der Waals surface area contributed by atoms with Gasteiger partial charge in [0.1, 0.15) is 12.3 Å². The monoisotopic (exact) mass is 222 g/mol. The van der Waals surface area contributed by atoms with Crippen molar-refractivity contribution in [2.45, 2.75) is 6.54 Å². The van der Waals surface area contributed by atoms with E-state index in [9.17, 15) is 4.79 Å². The first-order valence-corrected chi connectivity index (χ1v) is 4.58. The second kappa shape index (κ2) is 4.09. The number of rotatable bonds is 4. The molecule has 0 radical (unpaired) electrons. The van der Waals surface area contributed by atoms with Gasteiger partial charge in [0.2, 0.25) is 0 Å². The lowest BCUT2D eigenvalue weighted by atomic mass is 10.4. The standard InChI is InChI=1S/C10H10N2O4/c1-15-8-5-11-12(9(8)10(13)14)6-7-3-2-4-16-7/h2-5H,6H2,1H3,(H,13,14). The van der Waals surface area contributed by atoms with Gasteiger partial charge in [-0.15, -0.1) is 0 Å². The summed E-state index contributed by atoms with van der Waals surface area (Å²) >= 11 is 0. The van der Waals surface area contributed by atoms with Crippen molar-refractivity contribution in [1.82, 2.24) is 9.78 Å². The van der Waals surface area contributed by atoms with Crippen LogP contribution in [0.2, 0.25) is 0 Å². The summed E-state index contributed by atoms with van der Waals surface area (Å²) in [5.41, 5.74) is 0.0129. The Balaban J connectivity index is 2.34. The number of carboxylic acids is 1. The fourth-order valence-corrected chi connectivity index (χ4v) is 1.40. The highest BCUT2D eigenvalue weighted by atomic mass is 16.5. The second-order valence-electron chi connectivity index (χ2n) is 3.10. The van der Waals surface area contributed by atoms with Crippen molar-refractivity contribution in [3.63, 3.8) is 0 Å². The molecular weight excluding hydrogens is 212 g/mol. The Bertz CT molecular complexity index is 487. The van der Waals surface area contributed by atoms with Crippen molar-refractivity contribution >= 4 is 5.97 Å². The van der Waals surface area contributed by atoms with Gasteiger partial charge in [-0.2, -0.15) is 5.10 Å². The molecule has 0 aliphatic carbocycles. The summed E-state index contributed by atoms with van der Waals surface area (Å²) < 4.78 is 11.4. The van der Waals surface area contributed by atoms with Crippen LogP contribution in [0.1, 0.15) is 16.2 Å². The lowest BCUT2D eigenvalue weighted by Crippen LogP contribution is -2.11. The first kappa shape index (κ1) is 10.3. The minimum atomic E-state index is -1.08. The molecule has 0 aromatic carbocycles. The summed E-state index contributed by atoms with van der Waals surface area (Å²) in [6.45, 7) is 0.262. The Morgan fingerprint density at radius 3 is 3.06 bits per heavy atom. The zero-order chi connectivity index (χ0) is 11.5. The van der Waals surface area contributed by atoms with Gasteiger partial charge in [0, 0.05) is 0 Å². The molecule has 0 aliphatic heterocycles. The molecule has 6 heteroatoms. The van der Waals surface area contributed by atoms with Crippen LogP contribution in [0.25, 0.3) is 0 Å². The molecular formula is C10H10N2O4. The van der Waals surface area contributed by atoms with E-state index >= 15 is 0 Å². The Morgan fingerprint density at radius 1 is 1.69 bits per heavy atom. The minimum Gasteiger partial charge on any atom is -0.493 e. The van der Waals surface area contributed by atoms with Crippen molar-refractivity contribution in [2.75, 3.05) is 7.11 Å². The van der Waals surface area contributed by atoms with Crippen LogP contribution in [-0.4, -0.2) is 28.0 Å². The van der Waals surface area contributed by atoms with E-state index in [1.165, 1.54) is 24.3 Å². The third-order valence-electron chi connectivity index (χ3n) is 2.11. The van der Waals surface area contributed by atoms with Gasteiger partial charge < -0.3 is 14.3 Å². The number of furan rings is 1. The van der Waals surface area contributed by atoms with E-state index < -0.39 is 5.97 Å². The van der Waals surface area contributed by atoms with Crippen molar-refractivity contribution in [3.8, 4) is 5.75 Å². The number of hydrogen-bond donors (Lipinski definition) is 1. The summed E-state index contributed by atoms with van der Waals surface area (Å²) in [5, 5.41) is 13.0. The molecule has 2 aromatic rings. The van der Waals surface area contributed by atoms with Gasteiger partial charge in [-0.05, 0) is 12.1 Å². The number of nitrogens with zero attached hydrogens (tertiary/aromatic N) is 2. The molecule has 0 spiro atoms. The third kappa shape index (κ3) is 1.77.